The fourth-order valence-electron chi connectivity index (χ4n) is 1.37. The predicted octanol–water partition coefficient (Wildman–Crippen LogP) is 2.69. The molecule has 1 atom stereocenters. The molecule has 0 radical (unpaired) electrons. The van der Waals surface area contributed by atoms with E-state index in [4.69, 9.17) is 10.3 Å². The third-order valence-electron chi connectivity index (χ3n) is 2.32. The minimum absolute atomic E-state index is 0.209. The maximum absolute atomic E-state index is 5.66. The number of aryl methyl sites for hydroxylation is 1. The maximum atomic E-state index is 5.66. The van der Waals surface area contributed by atoms with Crippen molar-refractivity contribution in [1.29, 1.82) is 0 Å². The Labute approximate surface area is 105 Å². The van der Waals surface area contributed by atoms with Gasteiger partial charge in [0, 0.05) is 4.90 Å². The molecule has 1 aromatic carbocycles. The Bertz CT molecular complexity index is 496. The number of nitrogens with zero attached hydrogens (tertiary/aromatic N) is 2. The predicted molar refractivity (Wildman–Crippen MR) is 67.6 cm³/mol. The van der Waals surface area contributed by atoms with Gasteiger partial charge in [0.25, 0.3) is 0 Å². The van der Waals surface area contributed by atoms with Crippen LogP contribution < -0.4 is 5.73 Å². The first-order valence-corrected chi connectivity index (χ1v) is 6.42. The van der Waals surface area contributed by atoms with E-state index in [0.29, 0.717) is 17.5 Å². The molecule has 0 spiro atoms. The van der Waals surface area contributed by atoms with E-state index in [1.165, 1.54) is 10.5 Å². The number of rotatable bonds is 4. The average molecular weight is 249 g/mol. The van der Waals surface area contributed by atoms with Crippen LogP contribution in [-0.2, 0) is 5.75 Å². The Balaban J connectivity index is 2.00. The van der Waals surface area contributed by atoms with Crippen molar-refractivity contribution in [1.82, 2.24) is 10.1 Å². The molecule has 0 aliphatic rings. The number of aromatic nitrogens is 2. The van der Waals surface area contributed by atoms with Gasteiger partial charge in [0.05, 0.1) is 11.8 Å². The molecular weight excluding hydrogens is 234 g/mol. The third kappa shape index (κ3) is 3.08. The van der Waals surface area contributed by atoms with E-state index in [1.807, 2.05) is 19.1 Å². The molecule has 1 aromatic heterocycles. The highest BCUT2D eigenvalue weighted by Crippen LogP contribution is 2.24. The van der Waals surface area contributed by atoms with E-state index in [9.17, 15) is 0 Å². The SMILES string of the molecule is Cc1ccccc1SCc1noc([C@@H](C)N)n1. The van der Waals surface area contributed by atoms with Crippen molar-refractivity contribution >= 4 is 11.8 Å². The molecule has 0 amide bonds. The lowest BCUT2D eigenvalue weighted by molar-refractivity contribution is 0.358. The molecule has 5 heteroatoms. The molecule has 0 aliphatic carbocycles. The van der Waals surface area contributed by atoms with E-state index in [0.717, 1.165) is 0 Å². The Morgan fingerprint density at radius 3 is 2.82 bits per heavy atom. The topological polar surface area (TPSA) is 64.9 Å². The van der Waals surface area contributed by atoms with E-state index in [-0.39, 0.29) is 6.04 Å². The van der Waals surface area contributed by atoms with Crippen molar-refractivity contribution in [2.45, 2.75) is 30.5 Å². The number of thioether (sulfide) groups is 1. The first-order valence-electron chi connectivity index (χ1n) is 5.43. The van der Waals surface area contributed by atoms with Crippen LogP contribution in [0.4, 0.5) is 0 Å². The van der Waals surface area contributed by atoms with Gasteiger partial charge < -0.3 is 10.3 Å². The molecule has 1 heterocycles. The average Bonchev–Trinajstić information content (AvgIpc) is 2.77. The second kappa shape index (κ2) is 5.33. The lowest BCUT2D eigenvalue weighted by Gasteiger charge is -2.02. The zero-order valence-electron chi connectivity index (χ0n) is 9.88. The summed E-state index contributed by atoms with van der Waals surface area (Å²) in [4.78, 5) is 5.47. The molecule has 2 N–H and O–H groups in total. The summed E-state index contributed by atoms with van der Waals surface area (Å²) >= 11 is 1.70. The van der Waals surface area contributed by atoms with Crippen molar-refractivity contribution in [2.24, 2.45) is 5.73 Å². The van der Waals surface area contributed by atoms with Crippen LogP contribution in [0.3, 0.4) is 0 Å². The Morgan fingerprint density at radius 1 is 1.41 bits per heavy atom. The summed E-state index contributed by atoms with van der Waals surface area (Å²) in [5, 5.41) is 3.90. The van der Waals surface area contributed by atoms with E-state index >= 15 is 0 Å². The minimum Gasteiger partial charge on any atom is -0.338 e. The molecule has 0 unspecified atom stereocenters. The summed E-state index contributed by atoms with van der Waals surface area (Å²) in [6.07, 6.45) is 0. The van der Waals surface area contributed by atoms with Gasteiger partial charge in [0.15, 0.2) is 5.82 Å². The molecular formula is C12H15N3OS. The van der Waals surface area contributed by atoms with Gasteiger partial charge in [-0.2, -0.15) is 4.98 Å². The van der Waals surface area contributed by atoms with Crippen LogP contribution in [0, 0.1) is 6.92 Å². The highest BCUT2D eigenvalue weighted by molar-refractivity contribution is 7.98. The summed E-state index contributed by atoms with van der Waals surface area (Å²) in [6, 6.07) is 8.03. The minimum atomic E-state index is -0.209. The van der Waals surface area contributed by atoms with Gasteiger partial charge in [-0.15, -0.1) is 11.8 Å². The number of hydrogen-bond acceptors (Lipinski definition) is 5. The molecule has 0 fully saturated rings. The zero-order chi connectivity index (χ0) is 12.3. The molecule has 4 nitrogen and oxygen atoms in total. The van der Waals surface area contributed by atoms with E-state index in [2.05, 4.69) is 29.2 Å². The zero-order valence-corrected chi connectivity index (χ0v) is 10.7. The molecule has 2 aromatic rings. The molecule has 0 bridgehead atoms. The van der Waals surface area contributed by atoms with Gasteiger partial charge in [-0.1, -0.05) is 23.4 Å². The number of nitrogens with two attached hydrogens (primary N) is 1. The molecule has 17 heavy (non-hydrogen) atoms. The van der Waals surface area contributed by atoms with Crippen LogP contribution in [0.25, 0.3) is 0 Å². The Morgan fingerprint density at radius 2 is 2.18 bits per heavy atom. The highest BCUT2D eigenvalue weighted by atomic mass is 32.2. The second-order valence-electron chi connectivity index (χ2n) is 3.89. The summed E-state index contributed by atoms with van der Waals surface area (Å²) in [7, 11) is 0. The van der Waals surface area contributed by atoms with Crippen LogP contribution in [0.2, 0.25) is 0 Å². The summed E-state index contributed by atoms with van der Waals surface area (Å²) in [6.45, 7) is 3.91. The molecule has 0 saturated heterocycles. The van der Waals surface area contributed by atoms with Gasteiger partial charge in [0.2, 0.25) is 5.89 Å². The third-order valence-corrected chi connectivity index (χ3v) is 3.50. The maximum Gasteiger partial charge on any atom is 0.243 e. The second-order valence-corrected chi connectivity index (χ2v) is 4.91. The lowest BCUT2D eigenvalue weighted by atomic mass is 10.2. The largest absolute Gasteiger partial charge is 0.338 e. The van der Waals surface area contributed by atoms with E-state index < -0.39 is 0 Å². The quantitative estimate of drug-likeness (QED) is 0.844. The molecule has 2 rings (SSSR count). The summed E-state index contributed by atoms with van der Waals surface area (Å²) in [5.74, 6) is 1.87. The summed E-state index contributed by atoms with van der Waals surface area (Å²) in [5.41, 5.74) is 6.91. The van der Waals surface area contributed by atoms with Gasteiger partial charge in [-0.3, -0.25) is 0 Å². The molecule has 0 saturated carbocycles. The smallest absolute Gasteiger partial charge is 0.243 e. The van der Waals surface area contributed by atoms with Gasteiger partial charge in [-0.05, 0) is 25.5 Å². The van der Waals surface area contributed by atoms with Crippen LogP contribution in [0.1, 0.15) is 30.2 Å². The van der Waals surface area contributed by atoms with E-state index in [1.54, 1.807) is 11.8 Å². The first kappa shape index (κ1) is 12.1. The number of benzene rings is 1. The number of hydrogen-bond donors (Lipinski definition) is 1. The first-order chi connectivity index (χ1) is 8.16. The van der Waals surface area contributed by atoms with Crippen LogP contribution in [0.5, 0.6) is 0 Å². The monoisotopic (exact) mass is 249 g/mol. The van der Waals surface area contributed by atoms with Gasteiger partial charge >= 0.3 is 0 Å². The highest BCUT2D eigenvalue weighted by Gasteiger charge is 2.10. The van der Waals surface area contributed by atoms with Crippen molar-refractivity contribution < 1.29 is 4.52 Å². The molecule has 90 valence electrons. The normalized spacial score (nSPS) is 12.6. The fourth-order valence-corrected chi connectivity index (χ4v) is 2.24. The van der Waals surface area contributed by atoms with Crippen molar-refractivity contribution in [3.63, 3.8) is 0 Å². The molecule has 0 aliphatic heterocycles. The Kier molecular flexibility index (Phi) is 3.81. The van der Waals surface area contributed by atoms with Crippen molar-refractivity contribution in [2.75, 3.05) is 0 Å². The van der Waals surface area contributed by atoms with Crippen molar-refractivity contribution in [3.05, 3.63) is 41.5 Å². The fraction of sp³-hybridized carbons (Fsp3) is 0.333. The Hall–Kier alpha value is -1.33. The summed E-state index contributed by atoms with van der Waals surface area (Å²) < 4.78 is 5.05. The van der Waals surface area contributed by atoms with Gasteiger partial charge in [0.1, 0.15) is 0 Å². The standard InChI is InChI=1S/C12H15N3OS/c1-8-5-3-4-6-10(8)17-7-11-14-12(9(2)13)16-15-11/h3-6,9H,7,13H2,1-2H3/t9-/m1/s1. The van der Waals surface area contributed by atoms with Crippen molar-refractivity contribution in [3.8, 4) is 0 Å². The van der Waals surface area contributed by atoms with Crippen LogP contribution >= 0.6 is 11.8 Å². The van der Waals surface area contributed by atoms with Gasteiger partial charge in [-0.25, -0.2) is 0 Å². The lowest BCUT2D eigenvalue weighted by Crippen LogP contribution is -2.05. The van der Waals surface area contributed by atoms with Crippen LogP contribution in [-0.4, -0.2) is 10.1 Å². The van der Waals surface area contributed by atoms with Crippen LogP contribution in [0.15, 0.2) is 33.7 Å².